The van der Waals surface area contributed by atoms with Crippen LogP contribution >= 0.6 is 0 Å². The topological polar surface area (TPSA) is 66.5 Å². The van der Waals surface area contributed by atoms with Crippen molar-refractivity contribution in [3.63, 3.8) is 0 Å². The lowest BCUT2D eigenvalue weighted by atomic mass is 10.0. The fourth-order valence-corrected chi connectivity index (χ4v) is 1.49. The molecule has 0 atom stereocenters. The molecule has 2 aromatic rings. The second-order valence-electron chi connectivity index (χ2n) is 3.29. The van der Waals surface area contributed by atoms with E-state index in [4.69, 9.17) is 10.8 Å². The molecule has 0 saturated heterocycles. The minimum absolute atomic E-state index is 0.0212. The Morgan fingerprint density at radius 2 is 1.60 bits per heavy atom. The quantitative estimate of drug-likeness (QED) is 0.620. The van der Waals surface area contributed by atoms with Crippen molar-refractivity contribution in [3.8, 4) is 22.6 Å². The van der Waals surface area contributed by atoms with E-state index >= 15 is 0 Å². The Labute approximate surface area is 87.4 Å². The van der Waals surface area contributed by atoms with E-state index < -0.39 is 0 Å². The maximum Gasteiger partial charge on any atom is 0.127 e. The molecule has 0 fully saturated rings. The summed E-state index contributed by atoms with van der Waals surface area (Å²) in [4.78, 5) is 0. The van der Waals surface area contributed by atoms with Crippen molar-refractivity contribution in [2.45, 2.75) is 0 Å². The molecular formula is C12H11NO2. The molecule has 15 heavy (non-hydrogen) atoms. The third-order valence-corrected chi connectivity index (χ3v) is 2.23. The number of benzene rings is 2. The van der Waals surface area contributed by atoms with Crippen LogP contribution in [0.2, 0.25) is 0 Å². The average molecular weight is 201 g/mol. The van der Waals surface area contributed by atoms with Gasteiger partial charge in [-0.2, -0.15) is 0 Å². The normalized spacial score (nSPS) is 10.1. The number of phenolic OH excluding ortho intramolecular Hbond substituents is 2. The molecule has 0 aliphatic rings. The van der Waals surface area contributed by atoms with Crippen LogP contribution in [0.3, 0.4) is 0 Å². The number of nitrogens with two attached hydrogens (primary N) is 1. The number of rotatable bonds is 1. The van der Waals surface area contributed by atoms with Gasteiger partial charge in [0.2, 0.25) is 0 Å². The summed E-state index contributed by atoms with van der Waals surface area (Å²) < 4.78 is 0. The van der Waals surface area contributed by atoms with Gasteiger partial charge < -0.3 is 15.9 Å². The Morgan fingerprint density at radius 3 is 2.27 bits per heavy atom. The standard InChI is InChI=1S/C12H11NO2/c13-11-4-2-1-3-9(11)10-6-5-8(14)7-12(10)15/h1-7,14-15H,13H2. The first-order chi connectivity index (χ1) is 7.18. The van der Waals surface area contributed by atoms with Gasteiger partial charge in [0.05, 0.1) is 0 Å². The number of phenols is 2. The van der Waals surface area contributed by atoms with Crippen molar-refractivity contribution in [3.05, 3.63) is 42.5 Å². The smallest absolute Gasteiger partial charge is 0.127 e. The van der Waals surface area contributed by atoms with Crippen LogP contribution in [0.15, 0.2) is 42.5 Å². The predicted octanol–water partition coefficient (Wildman–Crippen LogP) is 2.35. The monoisotopic (exact) mass is 201 g/mol. The summed E-state index contributed by atoms with van der Waals surface area (Å²) in [6.45, 7) is 0. The van der Waals surface area contributed by atoms with Crippen molar-refractivity contribution >= 4 is 5.69 Å². The molecule has 0 amide bonds. The molecule has 76 valence electrons. The number of hydrogen-bond donors (Lipinski definition) is 3. The first kappa shape index (κ1) is 9.40. The molecule has 0 bridgehead atoms. The Kier molecular flexibility index (Phi) is 2.21. The minimum Gasteiger partial charge on any atom is -0.508 e. The molecule has 0 unspecified atom stereocenters. The number of nitrogen functional groups attached to an aromatic ring is 1. The van der Waals surface area contributed by atoms with Gasteiger partial charge in [-0.05, 0) is 18.2 Å². The van der Waals surface area contributed by atoms with E-state index in [9.17, 15) is 5.11 Å². The zero-order valence-electron chi connectivity index (χ0n) is 8.01. The Bertz CT molecular complexity index is 495. The van der Waals surface area contributed by atoms with E-state index in [1.54, 1.807) is 12.1 Å². The average Bonchev–Trinajstić information content (AvgIpc) is 2.20. The third kappa shape index (κ3) is 1.72. The summed E-state index contributed by atoms with van der Waals surface area (Å²) in [7, 11) is 0. The van der Waals surface area contributed by atoms with Gasteiger partial charge in [0.1, 0.15) is 11.5 Å². The zero-order chi connectivity index (χ0) is 10.8. The highest BCUT2D eigenvalue weighted by Crippen LogP contribution is 2.34. The predicted molar refractivity (Wildman–Crippen MR) is 59.6 cm³/mol. The van der Waals surface area contributed by atoms with Crippen LogP contribution in [0.1, 0.15) is 0 Å². The number of hydrogen-bond acceptors (Lipinski definition) is 3. The van der Waals surface area contributed by atoms with Crippen LogP contribution < -0.4 is 5.73 Å². The SMILES string of the molecule is Nc1ccccc1-c1ccc(O)cc1O. The highest BCUT2D eigenvalue weighted by Gasteiger charge is 2.07. The Morgan fingerprint density at radius 1 is 0.867 bits per heavy atom. The van der Waals surface area contributed by atoms with E-state index in [-0.39, 0.29) is 11.5 Å². The van der Waals surface area contributed by atoms with Gasteiger partial charge in [0, 0.05) is 22.9 Å². The van der Waals surface area contributed by atoms with Crippen LogP contribution in [0.4, 0.5) is 5.69 Å². The molecule has 0 spiro atoms. The van der Waals surface area contributed by atoms with E-state index in [1.807, 2.05) is 18.2 Å². The Balaban J connectivity index is 2.60. The lowest BCUT2D eigenvalue weighted by molar-refractivity contribution is 0.452. The largest absolute Gasteiger partial charge is 0.508 e. The molecular weight excluding hydrogens is 190 g/mol. The van der Waals surface area contributed by atoms with Crippen molar-refractivity contribution in [2.24, 2.45) is 0 Å². The molecule has 2 rings (SSSR count). The molecule has 3 nitrogen and oxygen atoms in total. The first-order valence-corrected chi connectivity index (χ1v) is 4.55. The van der Waals surface area contributed by atoms with Crippen LogP contribution in [-0.2, 0) is 0 Å². The van der Waals surface area contributed by atoms with Crippen LogP contribution in [0.5, 0.6) is 11.5 Å². The Hall–Kier alpha value is -2.16. The summed E-state index contributed by atoms with van der Waals surface area (Å²) >= 11 is 0. The van der Waals surface area contributed by atoms with E-state index in [0.29, 0.717) is 11.3 Å². The summed E-state index contributed by atoms with van der Waals surface area (Å²) in [6, 6.07) is 11.7. The lowest BCUT2D eigenvalue weighted by Gasteiger charge is -2.07. The van der Waals surface area contributed by atoms with E-state index in [0.717, 1.165) is 5.56 Å². The van der Waals surface area contributed by atoms with Crippen molar-refractivity contribution in [1.82, 2.24) is 0 Å². The fraction of sp³-hybridized carbons (Fsp3) is 0. The van der Waals surface area contributed by atoms with Crippen molar-refractivity contribution in [1.29, 1.82) is 0 Å². The maximum atomic E-state index is 9.65. The summed E-state index contributed by atoms with van der Waals surface area (Å²) in [5.74, 6) is 0.0543. The molecule has 2 aromatic carbocycles. The molecule has 0 aliphatic heterocycles. The second-order valence-corrected chi connectivity index (χ2v) is 3.29. The van der Waals surface area contributed by atoms with E-state index in [1.165, 1.54) is 12.1 Å². The fourth-order valence-electron chi connectivity index (χ4n) is 1.49. The summed E-state index contributed by atoms with van der Waals surface area (Å²) in [5.41, 5.74) is 7.76. The van der Waals surface area contributed by atoms with Gasteiger partial charge in [-0.25, -0.2) is 0 Å². The first-order valence-electron chi connectivity index (χ1n) is 4.55. The molecule has 0 radical (unpaired) electrons. The van der Waals surface area contributed by atoms with E-state index in [2.05, 4.69) is 0 Å². The van der Waals surface area contributed by atoms with Gasteiger partial charge in [0.15, 0.2) is 0 Å². The van der Waals surface area contributed by atoms with Crippen LogP contribution in [0, 0.1) is 0 Å². The molecule has 3 heteroatoms. The highest BCUT2D eigenvalue weighted by atomic mass is 16.3. The zero-order valence-corrected chi connectivity index (χ0v) is 8.01. The van der Waals surface area contributed by atoms with Crippen LogP contribution in [-0.4, -0.2) is 10.2 Å². The molecule has 0 aliphatic carbocycles. The molecule has 4 N–H and O–H groups in total. The number of anilines is 1. The third-order valence-electron chi connectivity index (χ3n) is 2.23. The number of para-hydroxylation sites is 1. The lowest BCUT2D eigenvalue weighted by Crippen LogP contribution is -1.89. The molecule has 0 aromatic heterocycles. The molecule has 0 saturated carbocycles. The minimum atomic E-state index is 0.0212. The van der Waals surface area contributed by atoms with Gasteiger partial charge in [0.25, 0.3) is 0 Å². The van der Waals surface area contributed by atoms with Crippen molar-refractivity contribution in [2.75, 3.05) is 5.73 Å². The maximum absolute atomic E-state index is 9.65. The van der Waals surface area contributed by atoms with Gasteiger partial charge in [-0.1, -0.05) is 18.2 Å². The van der Waals surface area contributed by atoms with Crippen molar-refractivity contribution < 1.29 is 10.2 Å². The highest BCUT2D eigenvalue weighted by molar-refractivity contribution is 5.80. The van der Waals surface area contributed by atoms with Gasteiger partial charge >= 0.3 is 0 Å². The number of aromatic hydroxyl groups is 2. The summed E-state index contributed by atoms with van der Waals surface area (Å²) in [6.07, 6.45) is 0. The summed E-state index contributed by atoms with van der Waals surface area (Å²) in [5, 5.41) is 18.8. The van der Waals surface area contributed by atoms with Crippen LogP contribution in [0.25, 0.3) is 11.1 Å². The van der Waals surface area contributed by atoms with Gasteiger partial charge in [-0.15, -0.1) is 0 Å². The second kappa shape index (κ2) is 3.53. The molecule has 0 heterocycles. The van der Waals surface area contributed by atoms with Gasteiger partial charge in [-0.3, -0.25) is 0 Å².